The zero-order valence-corrected chi connectivity index (χ0v) is 21.4. The molecule has 0 aliphatic carbocycles. The Labute approximate surface area is 218 Å². The van der Waals surface area contributed by atoms with Gasteiger partial charge in [0.15, 0.2) is 22.9 Å². The second-order valence-corrected chi connectivity index (χ2v) is 7.01. The number of rotatable bonds is 9. The van der Waals surface area contributed by atoms with Gasteiger partial charge in [0, 0.05) is 25.0 Å². The van der Waals surface area contributed by atoms with Crippen molar-refractivity contribution < 1.29 is 33.4 Å². The first-order chi connectivity index (χ1) is 18.1. The molecule has 0 saturated carbocycles. The summed E-state index contributed by atoms with van der Waals surface area (Å²) < 4.78 is 15.3. The molecule has 0 atom stereocenters. The summed E-state index contributed by atoms with van der Waals surface area (Å²) in [7, 11) is 4.47. The van der Waals surface area contributed by atoms with Crippen molar-refractivity contribution in [3.05, 3.63) is 53.6 Å². The summed E-state index contributed by atoms with van der Waals surface area (Å²) in [6, 6.07) is 11.4. The molecule has 8 N–H and O–H groups in total. The molecule has 0 aliphatic heterocycles. The van der Waals surface area contributed by atoms with Crippen LogP contribution in [0.3, 0.4) is 0 Å². The quantitative estimate of drug-likeness (QED) is 0.102. The highest BCUT2D eigenvalue weighted by molar-refractivity contribution is 6.45. The highest BCUT2D eigenvalue weighted by Gasteiger charge is 2.16. The number of amides is 4. The van der Waals surface area contributed by atoms with Crippen LogP contribution in [-0.2, 0) is 19.2 Å². The van der Waals surface area contributed by atoms with Crippen LogP contribution in [0.2, 0.25) is 0 Å². The Hall–Kier alpha value is -5.02. The third-order valence-electron chi connectivity index (χ3n) is 4.34. The van der Waals surface area contributed by atoms with Crippen LogP contribution in [0.15, 0.2) is 52.7 Å². The lowest BCUT2D eigenvalue weighted by Crippen LogP contribution is -2.38. The zero-order chi connectivity index (χ0) is 28.7. The SMILES string of the molecule is COc1ccc(C(=NNC(C)=O)C(=O)NN)cc1OC.COc1cccc(C(=NNC(C)=O)C(=O)NN)c1. The Bertz CT molecular complexity index is 1210. The van der Waals surface area contributed by atoms with Crippen molar-refractivity contribution in [1.82, 2.24) is 21.7 Å². The predicted octanol–water partition coefficient (Wildman–Crippen LogP) is -0.941. The van der Waals surface area contributed by atoms with E-state index in [0.29, 0.717) is 28.4 Å². The maximum Gasteiger partial charge on any atom is 0.286 e. The zero-order valence-electron chi connectivity index (χ0n) is 21.4. The van der Waals surface area contributed by atoms with Crippen molar-refractivity contribution in [1.29, 1.82) is 0 Å². The number of nitrogens with zero attached hydrogens (tertiary/aromatic N) is 2. The summed E-state index contributed by atoms with van der Waals surface area (Å²) in [4.78, 5) is 45.0. The van der Waals surface area contributed by atoms with E-state index in [2.05, 4.69) is 21.1 Å². The Kier molecular flexibility index (Phi) is 12.9. The molecule has 0 unspecified atom stereocenters. The summed E-state index contributed by atoms with van der Waals surface area (Å²) in [5, 5.41) is 7.43. The number of ether oxygens (including phenoxy) is 3. The maximum atomic E-state index is 11.7. The number of hydrogen-bond acceptors (Lipinski definition) is 11. The number of nitrogens with one attached hydrogen (secondary N) is 4. The minimum absolute atomic E-state index is 0.00778. The van der Waals surface area contributed by atoms with Crippen LogP contribution >= 0.6 is 0 Å². The number of nitrogens with two attached hydrogens (primary N) is 2. The maximum absolute atomic E-state index is 11.7. The van der Waals surface area contributed by atoms with E-state index in [1.54, 1.807) is 42.5 Å². The van der Waals surface area contributed by atoms with E-state index in [-0.39, 0.29) is 17.3 Å². The summed E-state index contributed by atoms with van der Waals surface area (Å²) in [5.41, 5.74) is 9.13. The van der Waals surface area contributed by atoms with Crippen molar-refractivity contribution in [2.24, 2.45) is 21.9 Å². The number of hydrazone groups is 2. The van der Waals surface area contributed by atoms with Crippen molar-refractivity contribution in [2.45, 2.75) is 13.8 Å². The summed E-state index contributed by atoms with van der Waals surface area (Å²) in [5.74, 6) is 9.59. The normalized spacial score (nSPS) is 10.7. The van der Waals surface area contributed by atoms with E-state index in [1.807, 2.05) is 10.9 Å². The first-order valence-electron chi connectivity index (χ1n) is 10.7. The lowest BCUT2D eigenvalue weighted by atomic mass is 10.1. The minimum Gasteiger partial charge on any atom is -0.497 e. The molecule has 15 nitrogen and oxygen atoms in total. The number of benzene rings is 2. The largest absolute Gasteiger partial charge is 0.497 e. The van der Waals surface area contributed by atoms with Gasteiger partial charge in [0.05, 0.1) is 21.3 Å². The van der Waals surface area contributed by atoms with Gasteiger partial charge in [-0.1, -0.05) is 12.1 Å². The van der Waals surface area contributed by atoms with Gasteiger partial charge in [0.1, 0.15) is 5.75 Å². The van der Waals surface area contributed by atoms with Crippen molar-refractivity contribution in [3.63, 3.8) is 0 Å². The van der Waals surface area contributed by atoms with Crippen molar-refractivity contribution in [3.8, 4) is 17.2 Å². The smallest absolute Gasteiger partial charge is 0.286 e. The van der Waals surface area contributed by atoms with Crippen molar-refractivity contribution in [2.75, 3.05) is 21.3 Å². The van der Waals surface area contributed by atoms with Crippen molar-refractivity contribution >= 4 is 35.1 Å². The monoisotopic (exact) mass is 530 g/mol. The van der Waals surface area contributed by atoms with Gasteiger partial charge in [0.25, 0.3) is 11.8 Å². The predicted molar refractivity (Wildman–Crippen MR) is 138 cm³/mol. The lowest BCUT2D eigenvalue weighted by molar-refractivity contribution is -0.119. The van der Waals surface area contributed by atoms with Gasteiger partial charge in [-0.3, -0.25) is 30.0 Å². The third-order valence-corrected chi connectivity index (χ3v) is 4.34. The molecule has 0 saturated heterocycles. The summed E-state index contributed by atoms with van der Waals surface area (Å²) in [6.45, 7) is 2.56. The van der Waals surface area contributed by atoms with Crippen LogP contribution in [0.1, 0.15) is 25.0 Å². The van der Waals surface area contributed by atoms with Crippen LogP contribution < -0.4 is 47.6 Å². The molecule has 204 valence electrons. The second kappa shape index (κ2) is 15.9. The molecule has 0 aromatic heterocycles. The van der Waals surface area contributed by atoms with Gasteiger partial charge < -0.3 is 14.2 Å². The highest BCUT2D eigenvalue weighted by Crippen LogP contribution is 2.27. The highest BCUT2D eigenvalue weighted by atomic mass is 16.5. The fourth-order valence-electron chi connectivity index (χ4n) is 2.65. The Morgan fingerprint density at radius 2 is 1.18 bits per heavy atom. The van der Waals surface area contributed by atoms with E-state index >= 15 is 0 Å². The van der Waals surface area contributed by atoms with E-state index in [4.69, 9.17) is 25.9 Å². The Balaban J connectivity index is 0.000000382. The van der Waals surface area contributed by atoms with Crippen LogP contribution in [0.4, 0.5) is 0 Å². The average Bonchev–Trinajstić information content (AvgIpc) is 2.92. The first-order valence-corrected chi connectivity index (χ1v) is 10.7. The van der Waals surface area contributed by atoms with E-state index in [0.717, 1.165) is 0 Å². The van der Waals surface area contributed by atoms with Gasteiger partial charge in [0.2, 0.25) is 11.8 Å². The fourth-order valence-corrected chi connectivity index (χ4v) is 2.65. The molecule has 2 aromatic carbocycles. The van der Waals surface area contributed by atoms with E-state index in [1.165, 1.54) is 35.2 Å². The first kappa shape index (κ1) is 31.0. The molecule has 2 rings (SSSR count). The molecule has 38 heavy (non-hydrogen) atoms. The Morgan fingerprint density at radius 1 is 0.684 bits per heavy atom. The van der Waals surface area contributed by atoms with Gasteiger partial charge >= 0.3 is 0 Å². The molecule has 2 aromatic rings. The molecule has 4 amide bonds. The van der Waals surface area contributed by atoms with E-state index < -0.39 is 17.7 Å². The fraction of sp³-hybridized carbons (Fsp3) is 0.217. The summed E-state index contributed by atoms with van der Waals surface area (Å²) >= 11 is 0. The third kappa shape index (κ3) is 9.56. The molecular formula is C23H30N8O7. The van der Waals surface area contributed by atoms with Crippen LogP contribution in [0.25, 0.3) is 0 Å². The van der Waals surface area contributed by atoms with Gasteiger partial charge in [-0.2, -0.15) is 10.2 Å². The molecule has 0 radical (unpaired) electrons. The van der Waals surface area contributed by atoms with Gasteiger partial charge in [-0.05, 0) is 30.3 Å². The topological polar surface area (TPSA) is 221 Å². The van der Waals surface area contributed by atoms with Crippen LogP contribution in [0.5, 0.6) is 17.2 Å². The molecule has 0 aliphatic rings. The number of hydrogen-bond donors (Lipinski definition) is 6. The number of methoxy groups -OCH3 is 3. The van der Waals surface area contributed by atoms with Gasteiger partial charge in [-0.15, -0.1) is 0 Å². The van der Waals surface area contributed by atoms with Crippen LogP contribution in [-0.4, -0.2) is 56.4 Å². The van der Waals surface area contributed by atoms with E-state index in [9.17, 15) is 19.2 Å². The minimum atomic E-state index is -0.647. The standard InChI is InChI=1S/C12H16N4O4.C11H14N4O3/c1-7(17)15-16-11(12(18)14-13)8-4-5-9(19-2)10(6-8)20-3;1-7(16)14-15-10(11(17)13-12)8-4-3-5-9(6-8)18-2/h4-6H,13H2,1-3H3,(H,14,18)(H,15,17);3-6H,12H2,1-2H3,(H,13,17)(H,14,16). The molecular weight excluding hydrogens is 500 g/mol. The molecule has 0 bridgehead atoms. The lowest BCUT2D eigenvalue weighted by Gasteiger charge is -2.10. The number of carbonyl (C=O) groups excluding carboxylic acids is 4. The molecule has 0 heterocycles. The molecule has 0 spiro atoms. The molecule has 0 fully saturated rings. The van der Waals surface area contributed by atoms with Crippen LogP contribution in [0, 0.1) is 0 Å². The summed E-state index contributed by atoms with van der Waals surface area (Å²) in [6.07, 6.45) is 0. The average molecular weight is 531 g/mol. The Morgan fingerprint density at radius 3 is 1.61 bits per heavy atom. The number of hydrazine groups is 2. The second-order valence-electron chi connectivity index (χ2n) is 7.01. The number of carbonyl (C=O) groups is 4. The molecule has 15 heteroatoms. The van der Waals surface area contributed by atoms with Gasteiger partial charge in [-0.25, -0.2) is 22.5 Å².